The molecule has 0 atom stereocenters. The molecular weight excluding hydrogens is 298 g/mol. The molecule has 2 aromatic carbocycles. The predicted octanol–water partition coefficient (Wildman–Crippen LogP) is 0.416. The number of carbonyl (C=O) groups is 1. The Hall–Kier alpha value is -2.83. The van der Waals surface area contributed by atoms with Gasteiger partial charge in [0.2, 0.25) is 6.41 Å². The molecule has 0 saturated carbocycles. The fraction of sp³-hybridized carbons (Fsp3) is 0.312. The number of rotatable bonds is 7. The highest BCUT2D eigenvalue weighted by atomic mass is 16.5. The van der Waals surface area contributed by atoms with Crippen LogP contribution in [0.1, 0.15) is 12.5 Å². The van der Waals surface area contributed by atoms with Crippen molar-refractivity contribution in [3.8, 4) is 5.75 Å². The predicted molar refractivity (Wildman–Crippen MR) is 90.7 cm³/mol. The molecule has 1 amide bonds. The molecule has 0 aliphatic heterocycles. The first kappa shape index (κ1) is 18.2. The van der Waals surface area contributed by atoms with E-state index in [0.29, 0.717) is 26.1 Å². The summed E-state index contributed by atoms with van der Waals surface area (Å²) in [5.41, 5.74) is 6.55. The van der Waals surface area contributed by atoms with E-state index in [1.807, 2.05) is 31.2 Å². The van der Waals surface area contributed by atoms with Crippen LogP contribution < -0.4 is 32.0 Å². The molecule has 0 saturated heterocycles. The van der Waals surface area contributed by atoms with Crippen LogP contribution in [0.2, 0.25) is 0 Å². The Morgan fingerprint density at radius 1 is 1.13 bits per heavy atom. The number of nitrogens with two attached hydrogens (primary N) is 1. The standard InChI is InChI=1S/C9H12N2O4.C7H9N/c1-2-15-9-6(7(13)8(9)14)11-4-3-10-5-12;1-6-2-4-7(8)5-3-6/h5,11H,2-4H2,1H3,(H,10,12);2-5H,8H2,1H3. The summed E-state index contributed by atoms with van der Waals surface area (Å²) in [6.07, 6.45) is 0.563. The van der Waals surface area contributed by atoms with Gasteiger partial charge in [-0.2, -0.15) is 0 Å². The molecule has 0 bridgehead atoms. The number of hydrogen-bond donors (Lipinski definition) is 3. The average Bonchev–Trinajstić information content (AvgIpc) is 2.56. The second-order valence-corrected chi connectivity index (χ2v) is 4.70. The van der Waals surface area contributed by atoms with Crippen LogP contribution in [0.4, 0.5) is 11.4 Å². The van der Waals surface area contributed by atoms with E-state index in [-0.39, 0.29) is 11.4 Å². The lowest BCUT2D eigenvalue weighted by Crippen LogP contribution is -2.37. The third-order valence-corrected chi connectivity index (χ3v) is 2.89. The van der Waals surface area contributed by atoms with Crippen LogP contribution in [-0.4, -0.2) is 26.1 Å². The normalized spacial score (nSPS) is 9.65. The third kappa shape index (κ3) is 5.46. The molecule has 7 nitrogen and oxygen atoms in total. The molecule has 0 heterocycles. The molecule has 0 radical (unpaired) electrons. The monoisotopic (exact) mass is 319 g/mol. The Labute approximate surface area is 134 Å². The van der Waals surface area contributed by atoms with Gasteiger partial charge in [-0.15, -0.1) is 0 Å². The molecule has 23 heavy (non-hydrogen) atoms. The summed E-state index contributed by atoms with van der Waals surface area (Å²) >= 11 is 0. The van der Waals surface area contributed by atoms with E-state index in [1.54, 1.807) is 6.92 Å². The number of nitrogens with one attached hydrogen (secondary N) is 2. The number of hydrogen-bond acceptors (Lipinski definition) is 6. The van der Waals surface area contributed by atoms with Crippen LogP contribution in [0.5, 0.6) is 5.75 Å². The molecule has 0 unspecified atom stereocenters. The molecule has 0 spiro atoms. The first-order valence-electron chi connectivity index (χ1n) is 7.20. The summed E-state index contributed by atoms with van der Waals surface area (Å²) < 4.78 is 4.99. The zero-order valence-electron chi connectivity index (χ0n) is 13.2. The topological polar surface area (TPSA) is 111 Å². The van der Waals surface area contributed by atoms with Gasteiger partial charge in [0.15, 0.2) is 5.75 Å². The molecule has 2 rings (SSSR count). The quantitative estimate of drug-likeness (QED) is 0.295. The fourth-order valence-corrected chi connectivity index (χ4v) is 1.70. The van der Waals surface area contributed by atoms with Crippen LogP contribution in [0.15, 0.2) is 33.9 Å². The summed E-state index contributed by atoms with van der Waals surface area (Å²) in [6, 6.07) is 7.79. The van der Waals surface area contributed by atoms with Gasteiger partial charge in [-0.05, 0) is 26.0 Å². The number of carbonyl (C=O) groups excluding carboxylic acids is 1. The molecule has 0 aliphatic carbocycles. The van der Waals surface area contributed by atoms with Crippen LogP contribution in [0, 0.1) is 6.92 Å². The largest absolute Gasteiger partial charge is 0.488 e. The number of nitrogen functional groups attached to an aromatic ring is 1. The molecule has 0 aromatic heterocycles. The van der Waals surface area contributed by atoms with Gasteiger partial charge in [0, 0.05) is 18.8 Å². The Balaban J connectivity index is 0.000000277. The van der Waals surface area contributed by atoms with Crippen LogP contribution in [-0.2, 0) is 4.79 Å². The van der Waals surface area contributed by atoms with E-state index in [0.717, 1.165) is 5.69 Å². The van der Waals surface area contributed by atoms with Crippen LogP contribution >= 0.6 is 0 Å². The maximum Gasteiger partial charge on any atom is 0.272 e. The Morgan fingerprint density at radius 3 is 2.30 bits per heavy atom. The van der Waals surface area contributed by atoms with Crippen molar-refractivity contribution in [1.82, 2.24) is 5.32 Å². The first-order valence-corrected chi connectivity index (χ1v) is 7.20. The van der Waals surface area contributed by atoms with E-state index in [1.165, 1.54) is 5.56 Å². The van der Waals surface area contributed by atoms with Crippen molar-refractivity contribution in [2.75, 3.05) is 30.7 Å². The van der Waals surface area contributed by atoms with Gasteiger partial charge in [-0.1, -0.05) is 17.7 Å². The minimum Gasteiger partial charge on any atom is -0.488 e. The number of aryl methyl sites for hydroxylation is 1. The lowest BCUT2D eigenvalue weighted by atomic mass is 10.2. The summed E-state index contributed by atoms with van der Waals surface area (Å²) in [5.74, 6) is 0.0913. The maximum absolute atomic E-state index is 11.1. The Kier molecular flexibility index (Phi) is 7.32. The van der Waals surface area contributed by atoms with Gasteiger partial charge in [0.05, 0.1) is 6.61 Å². The van der Waals surface area contributed by atoms with Gasteiger partial charge >= 0.3 is 0 Å². The van der Waals surface area contributed by atoms with Crippen molar-refractivity contribution in [3.05, 3.63) is 50.3 Å². The van der Waals surface area contributed by atoms with Crippen molar-refractivity contribution in [3.63, 3.8) is 0 Å². The zero-order chi connectivity index (χ0) is 17.2. The van der Waals surface area contributed by atoms with E-state index >= 15 is 0 Å². The van der Waals surface area contributed by atoms with Crippen molar-refractivity contribution in [2.24, 2.45) is 0 Å². The molecule has 0 fully saturated rings. The van der Waals surface area contributed by atoms with Crippen molar-refractivity contribution in [1.29, 1.82) is 0 Å². The SMILES string of the molecule is CCOc1c(NCCNC=O)c(=O)c1=O.Cc1ccc(N)cc1. The van der Waals surface area contributed by atoms with E-state index in [4.69, 9.17) is 10.5 Å². The highest BCUT2D eigenvalue weighted by molar-refractivity contribution is 5.61. The van der Waals surface area contributed by atoms with Gasteiger partial charge in [0.25, 0.3) is 10.9 Å². The van der Waals surface area contributed by atoms with Crippen LogP contribution in [0.25, 0.3) is 0 Å². The van der Waals surface area contributed by atoms with Crippen molar-refractivity contribution in [2.45, 2.75) is 13.8 Å². The lowest BCUT2D eigenvalue weighted by molar-refractivity contribution is -0.109. The summed E-state index contributed by atoms with van der Waals surface area (Å²) in [6.45, 7) is 4.87. The smallest absolute Gasteiger partial charge is 0.272 e. The summed E-state index contributed by atoms with van der Waals surface area (Å²) in [4.78, 5) is 32.0. The maximum atomic E-state index is 11.1. The second-order valence-electron chi connectivity index (χ2n) is 4.70. The third-order valence-electron chi connectivity index (χ3n) is 2.89. The van der Waals surface area contributed by atoms with E-state index in [2.05, 4.69) is 10.6 Å². The summed E-state index contributed by atoms with van der Waals surface area (Å²) in [7, 11) is 0. The van der Waals surface area contributed by atoms with Crippen LogP contribution in [0.3, 0.4) is 0 Å². The molecule has 0 aliphatic rings. The molecule has 124 valence electrons. The highest BCUT2D eigenvalue weighted by Gasteiger charge is 2.21. The van der Waals surface area contributed by atoms with Crippen molar-refractivity contribution < 1.29 is 9.53 Å². The number of anilines is 2. The lowest BCUT2D eigenvalue weighted by Gasteiger charge is -2.12. The van der Waals surface area contributed by atoms with Gasteiger partial charge in [0.1, 0.15) is 5.69 Å². The van der Waals surface area contributed by atoms with Crippen molar-refractivity contribution >= 4 is 17.8 Å². The average molecular weight is 319 g/mol. The zero-order valence-corrected chi connectivity index (χ0v) is 13.2. The molecule has 4 N–H and O–H groups in total. The minimum absolute atomic E-state index is 0.0913. The fourth-order valence-electron chi connectivity index (χ4n) is 1.70. The summed E-state index contributed by atoms with van der Waals surface area (Å²) in [5, 5.41) is 5.15. The number of benzene rings is 1. The highest BCUT2D eigenvalue weighted by Crippen LogP contribution is 2.16. The molecule has 7 heteroatoms. The van der Waals surface area contributed by atoms with Gasteiger partial charge < -0.3 is 21.1 Å². The number of ether oxygens (including phenoxy) is 1. The molecular formula is C16H21N3O4. The van der Waals surface area contributed by atoms with Gasteiger partial charge in [-0.25, -0.2) is 0 Å². The Bertz CT molecular complexity index is 667. The first-order chi connectivity index (χ1) is 11.0. The van der Waals surface area contributed by atoms with E-state index in [9.17, 15) is 14.4 Å². The van der Waals surface area contributed by atoms with E-state index < -0.39 is 10.9 Å². The second kappa shape index (κ2) is 9.24. The Morgan fingerprint density at radius 2 is 1.78 bits per heavy atom. The van der Waals surface area contributed by atoms with Gasteiger partial charge in [-0.3, -0.25) is 14.4 Å². The minimum atomic E-state index is -0.595. The molecule has 2 aromatic rings. The number of amides is 1.